The fourth-order valence-electron chi connectivity index (χ4n) is 4.63. The normalized spacial score (nSPS) is 16.5. The Morgan fingerprint density at radius 1 is 1.03 bits per heavy atom. The lowest BCUT2D eigenvalue weighted by Crippen LogP contribution is -2.47. The van der Waals surface area contributed by atoms with Crippen molar-refractivity contribution >= 4 is 21.4 Å². The van der Waals surface area contributed by atoms with Crippen molar-refractivity contribution in [2.75, 3.05) is 26.5 Å². The number of ether oxygens (including phenoxy) is 2. The highest BCUT2D eigenvalue weighted by Gasteiger charge is 2.42. The fraction of sp³-hybridized carbons (Fsp3) is 0.333. The molecule has 0 bridgehead atoms. The minimum atomic E-state index is -4.65. The molecular formula is C27H26ClF4NO4S. The van der Waals surface area contributed by atoms with Gasteiger partial charge in [-0.15, -0.1) is 0 Å². The van der Waals surface area contributed by atoms with Gasteiger partial charge in [-0.3, -0.25) is 4.90 Å². The summed E-state index contributed by atoms with van der Waals surface area (Å²) >= 11 is 6.20. The second-order valence-electron chi connectivity index (χ2n) is 9.19. The van der Waals surface area contributed by atoms with Gasteiger partial charge in [0.25, 0.3) is 0 Å². The standard InChI is InChI=1S/C27H26ClF4NO4S/c1-16(27(30,31)32)37-21-12-13-22(38(3,34)35)26(36-2)23(21)25(17-8-5-4-6-9-17)33-14-18(15-33)19-10-7-11-20(29)24(19)28/h4-13,16,18,25H,14-15H2,1-3H3/t16-,25?/m0/s1. The zero-order valence-electron chi connectivity index (χ0n) is 20.8. The van der Waals surface area contributed by atoms with E-state index in [0.29, 0.717) is 24.2 Å². The Morgan fingerprint density at radius 3 is 2.26 bits per heavy atom. The number of rotatable bonds is 8. The van der Waals surface area contributed by atoms with E-state index in [-0.39, 0.29) is 32.9 Å². The molecular weight excluding hydrogens is 546 g/mol. The molecule has 1 aliphatic heterocycles. The molecule has 1 heterocycles. The molecule has 0 radical (unpaired) electrons. The van der Waals surface area contributed by atoms with Gasteiger partial charge in [-0.25, -0.2) is 12.8 Å². The Kier molecular flexibility index (Phi) is 7.97. The smallest absolute Gasteiger partial charge is 0.425 e. The second kappa shape index (κ2) is 10.7. The van der Waals surface area contributed by atoms with Crippen LogP contribution in [-0.4, -0.2) is 52.1 Å². The maximum absolute atomic E-state index is 14.1. The molecule has 4 rings (SSSR count). The average Bonchev–Trinajstić information content (AvgIpc) is 2.82. The molecule has 1 fully saturated rings. The Bertz CT molecular complexity index is 1410. The van der Waals surface area contributed by atoms with Gasteiger partial charge in [0.15, 0.2) is 15.9 Å². The van der Waals surface area contributed by atoms with Crippen molar-refractivity contribution < 1.29 is 35.5 Å². The van der Waals surface area contributed by atoms with Crippen molar-refractivity contribution in [2.24, 2.45) is 0 Å². The largest absolute Gasteiger partial charge is 0.495 e. The van der Waals surface area contributed by atoms with Crippen molar-refractivity contribution in [3.8, 4) is 11.5 Å². The number of methoxy groups -OCH3 is 1. The first-order valence-electron chi connectivity index (χ1n) is 11.7. The Labute approximate surface area is 223 Å². The molecule has 2 atom stereocenters. The number of nitrogens with zero attached hydrogens (tertiary/aromatic N) is 1. The lowest BCUT2D eigenvalue weighted by Gasteiger charge is -2.46. The van der Waals surface area contributed by atoms with E-state index in [1.807, 2.05) is 4.90 Å². The molecule has 1 saturated heterocycles. The number of halogens is 5. The highest BCUT2D eigenvalue weighted by molar-refractivity contribution is 7.90. The van der Waals surface area contributed by atoms with Crippen LogP contribution in [-0.2, 0) is 9.84 Å². The maximum atomic E-state index is 14.1. The van der Waals surface area contributed by atoms with Crippen LogP contribution >= 0.6 is 11.6 Å². The minimum absolute atomic E-state index is 0.0214. The Balaban J connectivity index is 1.86. The van der Waals surface area contributed by atoms with Crippen LogP contribution in [0.1, 0.15) is 35.6 Å². The highest BCUT2D eigenvalue weighted by atomic mass is 35.5. The zero-order chi connectivity index (χ0) is 27.8. The lowest BCUT2D eigenvalue weighted by molar-refractivity contribution is -0.189. The third-order valence-corrected chi connectivity index (χ3v) is 8.09. The topological polar surface area (TPSA) is 55.8 Å². The van der Waals surface area contributed by atoms with E-state index in [1.54, 1.807) is 42.5 Å². The van der Waals surface area contributed by atoms with Gasteiger partial charge < -0.3 is 9.47 Å². The minimum Gasteiger partial charge on any atom is -0.495 e. The van der Waals surface area contributed by atoms with Crippen LogP contribution in [0.15, 0.2) is 65.6 Å². The van der Waals surface area contributed by atoms with E-state index in [0.717, 1.165) is 13.2 Å². The van der Waals surface area contributed by atoms with Gasteiger partial charge in [-0.2, -0.15) is 13.2 Å². The van der Waals surface area contributed by atoms with Crippen molar-refractivity contribution in [2.45, 2.75) is 36.1 Å². The summed E-state index contributed by atoms with van der Waals surface area (Å²) in [7, 11) is -2.55. The van der Waals surface area contributed by atoms with Crippen LogP contribution in [0.3, 0.4) is 0 Å². The molecule has 0 aliphatic carbocycles. The van der Waals surface area contributed by atoms with Crippen LogP contribution in [0.4, 0.5) is 17.6 Å². The zero-order valence-corrected chi connectivity index (χ0v) is 22.4. The van der Waals surface area contributed by atoms with Gasteiger partial charge in [0.05, 0.1) is 23.7 Å². The molecule has 11 heteroatoms. The van der Waals surface area contributed by atoms with E-state index in [2.05, 4.69) is 0 Å². The number of sulfone groups is 1. The fourth-order valence-corrected chi connectivity index (χ4v) is 5.76. The Hall–Kier alpha value is -2.82. The molecule has 5 nitrogen and oxygen atoms in total. The number of likely N-dealkylation sites (tertiary alicyclic amines) is 1. The molecule has 0 amide bonds. The van der Waals surface area contributed by atoms with Gasteiger partial charge in [0.2, 0.25) is 0 Å². The number of alkyl halides is 3. The molecule has 0 saturated carbocycles. The summed E-state index contributed by atoms with van der Waals surface area (Å²) in [5, 5.41) is 0.0214. The summed E-state index contributed by atoms with van der Waals surface area (Å²) in [6, 6.07) is 15.2. The van der Waals surface area contributed by atoms with Gasteiger partial charge in [-0.1, -0.05) is 54.1 Å². The van der Waals surface area contributed by atoms with Crippen LogP contribution in [0.2, 0.25) is 5.02 Å². The summed E-state index contributed by atoms with van der Waals surface area (Å²) in [5.41, 5.74) is 1.46. The molecule has 1 unspecified atom stereocenters. The summed E-state index contributed by atoms with van der Waals surface area (Å²) in [6.07, 6.45) is -5.82. The van der Waals surface area contributed by atoms with Crippen molar-refractivity contribution in [1.82, 2.24) is 4.90 Å². The quantitative estimate of drug-likeness (QED) is 0.293. The van der Waals surface area contributed by atoms with Crippen LogP contribution in [0.5, 0.6) is 11.5 Å². The predicted molar refractivity (Wildman–Crippen MR) is 136 cm³/mol. The maximum Gasteiger partial charge on any atom is 0.425 e. The first-order valence-corrected chi connectivity index (χ1v) is 14.0. The van der Waals surface area contributed by atoms with Gasteiger partial charge in [0.1, 0.15) is 22.2 Å². The van der Waals surface area contributed by atoms with Crippen LogP contribution < -0.4 is 9.47 Å². The van der Waals surface area contributed by atoms with Crippen LogP contribution in [0.25, 0.3) is 0 Å². The molecule has 38 heavy (non-hydrogen) atoms. The van der Waals surface area contributed by atoms with Gasteiger partial charge >= 0.3 is 6.18 Å². The summed E-state index contributed by atoms with van der Waals surface area (Å²) in [6.45, 7) is 1.64. The van der Waals surface area contributed by atoms with Crippen molar-refractivity contribution in [1.29, 1.82) is 0 Å². The molecule has 0 spiro atoms. The van der Waals surface area contributed by atoms with Crippen LogP contribution in [0, 0.1) is 5.82 Å². The Morgan fingerprint density at radius 2 is 1.68 bits per heavy atom. The summed E-state index contributed by atoms with van der Waals surface area (Å²) < 4.78 is 90.7. The van der Waals surface area contributed by atoms with E-state index in [9.17, 15) is 26.0 Å². The SMILES string of the molecule is COc1c(S(C)(=O)=O)ccc(O[C@@H](C)C(F)(F)F)c1C(c1ccccc1)N1CC(c2cccc(F)c2Cl)C1. The predicted octanol–water partition coefficient (Wildman–Crippen LogP) is 6.41. The van der Waals surface area contributed by atoms with Crippen molar-refractivity contribution in [3.63, 3.8) is 0 Å². The monoisotopic (exact) mass is 571 g/mol. The molecule has 204 valence electrons. The van der Waals surface area contributed by atoms with E-state index in [4.69, 9.17) is 21.1 Å². The summed E-state index contributed by atoms with van der Waals surface area (Å²) in [5.74, 6) is -0.936. The first-order chi connectivity index (χ1) is 17.8. The van der Waals surface area contributed by atoms with Gasteiger partial charge in [0, 0.05) is 25.3 Å². The molecule has 1 aliphatic rings. The molecule has 3 aromatic carbocycles. The third-order valence-electron chi connectivity index (χ3n) is 6.57. The van der Waals surface area contributed by atoms with E-state index >= 15 is 0 Å². The molecule has 3 aromatic rings. The van der Waals surface area contributed by atoms with E-state index < -0.39 is 34.0 Å². The van der Waals surface area contributed by atoms with Gasteiger partial charge in [-0.05, 0) is 36.2 Å². The number of hydrogen-bond donors (Lipinski definition) is 0. The highest BCUT2D eigenvalue weighted by Crippen LogP contribution is 2.48. The average molecular weight is 572 g/mol. The third kappa shape index (κ3) is 5.62. The number of hydrogen-bond acceptors (Lipinski definition) is 5. The molecule has 0 N–H and O–H groups in total. The summed E-state index contributed by atoms with van der Waals surface area (Å²) in [4.78, 5) is 1.77. The lowest BCUT2D eigenvalue weighted by atomic mass is 9.85. The molecule has 0 aromatic heterocycles. The number of benzene rings is 3. The first kappa shape index (κ1) is 28.2. The second-order valence-corrected chi connectivity index (χ2v) is 11.6. The van der Waals surface area contributed by atoms with E-state index in [1.165, 1.54) is 25.3 Å². The van der Waals surface area contributed by atoms with Crippen molar-refractivity contribution in [3.05, 3.63) is 88.2 Å².